The zero-order valence-corrected chi connectivity index (χ0v) is 16.7. The number of aromatic amines is 1. The molecule has 2 heterocycles. The molecule has 4 N–H and O–H groups in total. The first kappa shape index (κ1) is 19.2. The molecule has 2 aromatic heterocycles. The van der Waals surface area contributed by atoms with Crippen LogP contribution in [-0.2, 0) is 6.54 Å². The van der Waals surface area contributed by atoms with Crippen LogP contribution < -0.4 is 10.5 Å². The minimum Gasteiger partial charge on any atom is -0.447 e. The summed E-state index contributed by atoms with van der Waals surface area (Å²) in [5.74, 6) is -0.171. The van der Waals surface area contributed by atoms with Gasteiger partial charge in [-0.1, -0.05) is 11.6 Å². The smallest absolute Gasteiger partial charge is 0.276 e. The largest absolute Gasteiger partial charge is 0.447 e. The highest BCUT2D eigenvalue weighted by molar-refractivity contribution is 7.13. The molecule has 0 unspecified atom stereocenters. The number of hydrogen-bond acceptors (Lipinski definition) is 5. The molecule has 3 rings (SSSR count). The molecule has 0 atom stereocenters. The van der Waals surface area contributed by atoms with Gasteiger partial charge in [0.25, 0.3) is 5.91 Å². The molecule has 0 saturated carbocycles. The average molecular weight is 406 g/mol. The van der Waals surface area contributed by atoms with Gasteiger partial charge in [-0.15, -0.1) is 11.3 Å². The lowest BCUT2D eigenvalue weighted by atomic mass is 10.2. The minimum absolute atomic E-state index is 0.297. The highest BCUT2D eigenvalue weighted by atomic mass is 35.5. The zero-order valence-electron chi connectivity index (χ0n) is 15.2. The van der Waals surface area contributed by atoms with E-state index in [0.717, 1.165) is 16.5 Å². The van der Waals surface area contributed by atoms with Crippen molar-refractivity contribution in [3.63, 3.8) is 0 Å². The minimum atomic E-state index is -0.413. The number of thiophene rings is 1. The Hall–Kier alpha value is -2.55. The van der Waals surface area contributed by atoms with Crippen molar-refractivity contribution in [1.82, 2.24) is 14.8 Å². The number of aromatic nitrogens is 1. The third kappa shape index (κ3) is 4.24. The number of amides is 1. The Balaban J connectivity index is 1.87. The molecule has 0 aliphatic carbocycles. The lowest BCUT2D eigenvalue weighted by Gasteiger charge is -2.12. The standard InChI is InChI=1S/C18H20ClN5O2S/c1-23(2)9-11-4-5-16(27-11)26-10-6-13(19)12-8-15(22-14(12)7-10)17(25)24(3)18(20)21/h4-8,22H,9H2,1-3H3,(H3,20,21). The molecule has 0 fully saturated rings. The van der Waals surface area contributed by atoms with Crippen LogP contribution in [0.1, 0.15) is 15.4 Å². The first-order chi connectivity index (χ1) is 12.7. The number of H-pyrrole nitrogens is 1. The fourth-order valence-electron chi connectivity index (χ4n) is 2.56. The molecule has 27 heavy (non-hydrogen) atoms. The predicted octanol–water partition coefficient (Wildman–Crippen LogP) is 3.70. The van der Waals surface area contributed by atoms with Gasteiger partial charge in [0.15, 0.2) is 11.0 Å². The molecule has 7 nitrogen and oxygen atoms in total. The van der Waals surface area contributed by atoms with Crippen molar-refractivity contribution in [3.8, 4) is 10.8 Å². The first-order valence-corrected chi connectivity index (χ1v) is 9.29. The van der Waals surface area contributed by atoms with Gasteiger partial charge in [0, 0.05) is 36.0 Å². The van der Waals surface area contributed by atoms with Crippen molar-refractivity contribution in [2.45, 2.75) is 6.54 Å². The number of nitrogens with zero attached hydrogens (tertiary/aromatic N) is 2. The number of halogens is 1. The normalized spacial score (nSPS) is 11.1. The fraction of sp³-hybridized carbons (Fsp3) is 0.222. The van der Waals surface area contributed by atoms with Crippen LogP contribution in [0.15, 0.2) is 30.3 Å². The van der Waals surface area contributed by atoms with Crippen molar-refractivity contribution in [2.75, 3.05) is 21.1 Å². The van der Waals surface area contributed by atoms with E-state index in [9.17, 15) is 4.79 Å². The van der Waals surface area contributed by atoms with Gasteiger partial charge >= 0.3 is 0 Å². The summed E-state index contributed by atoms with van der Waals surface area (Å²) in [5, 5.41) is 9.31. The SMILES string of the molecule is CN(C)Cc1ccc(Oc2cc(Cl)c3cc(C(=O)N(C)C(=N)N)[nH]c3c2)s1. The Kier molecular flexibility index (Phi) is 5.41. The molecule has 0 aliphatic heterocycles. The second-order valence-corrected chi connectivity index (χ2v) is 7.90. The molecular weight excluding hydrogens is 386 g/mol. The summed E-state index contributed by atoms with van der Waals surface area (Å²) in [6.45, 7) is 0.847. The van der Waals surface area contributed by atoms with Crippen LogP contribution in [0.25, 0.3) is 10.9 Å². The Morgan fingerprint density at radius 2 is 2.04 bits per heavy atom. The van der Waals surface area contributed by atoms with Gasteiger partial charge in [0.05, 0.1) is 10.5 Å². The molecule has 9 heteroatoms. The second kappa shape index (κ2) is 7.59. The molecule has 1 amide bonds. The average Bonchev–Trinajstić information content (AvgIpc) is 3.20. The number of ether oxygens (including phenoxy) is 1. The number of carbonyl (C=O) groups excluding carboxylic acids is 1. The monoisotopic (exact) mass is 405 g/mol. The molecule has 0 aliphatic rings. The quantitative estimate of drug-likeness (QED) is 0.445. The molecule has 1 aromatic carbocycles. The number of fused-ring (bicyclic) bond motifs is 1. The Bertz CT molecular complexity index is 1010. The third-order valence-electron chi connectivity index (χ3n) is 3.88. The van der Waals surface area contributed by atoms with E-state index < -0.39 is 5.91 Å². The van der Waals surface area contributed by atoms with E-state index in [-0.39, 0.29) is 5.96 Å². The summed E-state index contributed by atoms with van der Waals surface area (Å²) in [7, 11) is 5.47. The van der Waals surface area contributed by atoms with Crippen LogP contribution in [0.4, 0.5) is 0 Å². The summed E-state index contributed by atoms with van der Waals surface area (Å²) >= 11 is 7.94. The Labute approximate surface area is 165 Å². The first-order valence-electron chi connectivity index (χ1n) is 8.10. The van der Waals surface area contributed by atoms with E-state index >= 15 is 0 Å². The van der Waals surface area contributed by atoms with Gasteiger partial charge < -0.3 is 20.4 Å². The molecule has 0 radical (unpaired) electrons. The summed E-state index contributed by atoms with van der Waals surface area (Å²) in [6, 6.07) is 9.10. The summed E-state index contributed by atoms with van der Waals surface area (Å²) in [5.41, 5.74) is 6.33. The highest BCUT2D eigenvalue weighted by Crippen LogP contribution is 2.35. The molecule has 0 bridgehead atoms. The maximum Gasteiger partial charge on any atom is 0.276 e. The number of nitrogens with two attached hydrogens (primary N) is 1. The summed E-state index contributed by atoms with van der Waals surface area (Å²) in [4.78, 5) is 19.7. The number of benzene rings is 1. The van der Waals surface area contributed by atoms with Gasteiger partial charge in [0.1, 0.15) is 11.4 Å². The summed E-state index contributed by atoms with van der Waals surface area (Å²) < 4.78 is 5.93. The van der Waals surface area contributed by atoms with E-state index in [1.807, 2.05) is 26.2 Å². The Morgan fingerprint density at radius 1 is 1.30 bits per heavy atom. The summed E-state index contributed by atoms with van der Waals surface area (Å²) in [6.07, 6.45) is 0. The lowest BCUT2D eigenvalue weighted by Crippen LogP contribution is -2.38. The predicted molar refractivity (Wildman–Crippen MR) is 109 cm³/mol. The van der Waals surface area contributed by atoms with Gasteiger partial charge in [0.2, 0.25) is 0 Å². The van der Waals surface area contributed by atoms with Crippen molar-refractivity contribution in [3.05, 3.63) is 45.9 Å². The van der Waals surface area contributed by atoms with E-state index in [0.29, 0.717) is 27.4 Å². The lowest BCUT2D eigenvalue weighted by molar-refractivity contribution is 0.0864. The maximum absolute atomic E-state index is 12.3. The topological polar surface area (TPSA) is 98.4 Å². The van der Waals surface area contributed by atoms with Gasteiger partial charge in [-0.2, -0.15) is 0 Å². The maximum atomic E-state index is 12.3. The highest BCUT2D eigenvalue weighted by Gasteiger charge is 2.18. The second-order valence-electron chi connectivity index (χ2n) is 6.36. The zero-order chi connectivity index (χ0) is 19.7. The number of rotatable bonds is 5. The fourth-order valence-corrected chi connectivity index (χ4v) is 3.81. The van der Waals surface area contributed by atoms with E-state index in [2.05, 4.69) is 9.88 Å². The Morgan fingerprint density at radius 3 is 2.70 bits per heavy atom. The molecule has 142 valence electrons. The van der Waals surface area contributed by atoms with Crippen molar-refractivity contribution >= 4 is 45.7 Å². The van der Waals surface area contributed by atoms with Gasteiger partial charge in [-0.05, 0) is 32.3 Å². The van der Waals surface area contributed by atoms with Gasteiger partial charge in [-0.25, -0.2) is 0 Å². The van der Waals surface area contributed by atoms with Crippen LogP contribution in [0.3, 0.4) is 0 Å². The van der Waals surface area contributed by atoms with E-state index in [1.165, 1.54) is 11.9 Å². The molecule has 3 aromatic rings. The van der Waals surface area contributed by atoms with Crippen LogP contribution in [-0.4, -0.2) is 47.8 Å². The van der Waals surface area contributed by atoms with Gasteiger partial charge in [-0.3, -0.25) is 15.1 Å². The third-order valence-corrected chi connectivity index (χ3v) is 5.15. The van der Waals surface area contributed by atoms with E-state index in [1.54, 1.807) is 29.5 Å². The van der Waals surface area contributed by atoms with Crippen LogP contribution in [0, 0.1) is 5.41 Å². The molecular formula is C18H20ClN5O2S. The van der Waals surface area contributed by atoms with E-state index in [4.69, 9.17) is 27.5 Å². The van der Waals surface area contributed by atoms with Crippen molar-refractivity contribution in [2.24, 2.45) is 5.73 Å². The number of guanidine groups is 1. The molecule has 0 spiro atoms. The van der Waals surface area contributed by atoms with Crippen molar-refractivity contribution < 1.29 is 9.53 Å². The number of hydrogen-bond donors (Lipinski definition) is 3. The number of carbonyl (C=O) groups is 1. The molecule has 0 saturated heterocycles. The number of nitrogens with one attached hydrogen (secondary N) is 2. The van der Waals surface area contributed by atoms with Crippen LogP contribution in [0.2, 0.25) is 5.02 Å². The van der Waals surface area contributed by atoms with Crippen LogP contribution in [0.5, 0.6) is 10.8 Å². The van der Waals surface area contributed by atoms with Crippen LogP contribution >= 0.6 is 22.9 Å². The van der Waals surface area contributed by atoms with Crippen molar-refractivity contribution in [1.29, 1.82) is 5.41 Å².